The van der Waals surface area contributed by atoms with E-state index in [1.165, 1.54) is 0 Å². The van der Waals surface area contributed by atoms with Crippen LogP contribution >= 0.6 is 0 Å². The summed E-state index contributed by atoms with van der Waals surface area (Å²) in [7, 11) is 0. The second-order valence-electron chi connectivity index (χ2n) is 7.25. The minimum absolute atomic E-state index is 0.0723. The van der Waals surface area contributed by atoms with Crippen molar-refractivity contribution >= 4 is 27.7 Å². The topological polar surface area (TPSA) is 60.7 Å². The quantitative estimate of drug-likeness (QED) is 0.488. The van der Waals surface area contributed by atoms with Crippen LogP contribution in [0.1, 0.15) is 42.9 Å². The Balaban J connectivity index is 1.71. The Morgan fingerprint density at radius 1 is 1.00 bits per heavy atom. The van der Waals surface area contributed by atoms with E-state index in [9.17, 15) is 4.79 Å². The second kappa shape index (κ2) is 6.91. The first-order valence-corrected chi connectivity index (χ1v) is 9.26. The summed E-state index contributed by atoms with van der Waals surface area (Å²) in [5.41, 5.74) is 4.23. The standard InChI is InChI=1S/C22H22N4O/c1-14(2)22(27)21-16-8-4-7-11-20(16)26(25-21)13-15(3)19-12-23-17-9-5-6-10-18(17)24-19/h4-12,14-15H,13H2,1-3H3. The summed E-state index contributed by atoms with van der Waals surface area (Å²) in [5, 5.41) is 5.57. The zero-order valence-corrected chi connectivity index (χ0v) is 15.8. The van der Waals surface area contributed by atoms with Crippen molar-refractivity contribution in [2.24, 2.45) is 5.92 Å². The first-order valence-electron chi connectivity index (χ1n) is 9.26. The summed E-state index contributed by atoms with van der Waals surface area (Å²) in [6, 6.07) is 15.8. The number of carbonyl (C=O) groups is 1. The third-order valence-corrected chi connectivity index (χ3v) is 4.83. The predicted molar refractivity (Wildman–Crippen MR) is 107 cm³/mol. The highest BCUT2D eigenvalue weighted by molar-refractivity contribution is 6.06. The average molecular weight is 358 g/mol. The van der Waals surface area contributed by atoms with Crippen LogP contribution < -0.4 is 0 Å². The van der Waals surface area contributed by atoms with Crippen molar-refractivity contribution in [1.82, 2.24) is 19.7 Å². The number of benzene rings is 2. The van der Waals surface area contributed by atoms with Gasteiger partial charge in [-0.1, -0.05) is 51.1 Å². The molecule has 0 saturated carbocycles. The van der Waals surface area contributed by atoms with Crippen molar-refractivity contribution in [2.75, 3.05) is 0 Å². The van der Waals surface area contributed by atoms with Crippen LogP contribution in [0.5, 0.6) is 0 Å². The Morgan fingerprint density at radius 2 is 1.70 bits per heavy atom. The number of nitrogens with zero attached hydrogens (tertiary/aromatic N) is 4. The Labute approximate surface area is 158 Å². The van der Waals surface area contributed by atoms with Crippen molar-refractivity contribution in [3.05, 3.63) is 66.1 Å². The summed E-state index contributed by atoms with van der Waals surface area (Å²) in [6.07, 6.45) is 1.83. The molecule has 0 saturated heterocycles. The van der Waals surface area contributed by atoms with E-state index in [1.54, 1.807) is 0 Å². The second-order valence-corrected chi connectivity index (χ2v) is 7.25. The molecule has 0 fully saturated rings. The molecule has 5 nitrogen and oxygen atoms in total. The van der Waals surface area contributed by atoms with Gasteiger partial charge in [-0.3, -0.25) is 14.5 Å². The third kappa shape index (κ3) is 3.21. The molecule has 1 atom stereocenters. The molecule has 0 spiro atoms. The Bertz CT molecular complexity index is 1130. The number of rotatable bonds is 5. The van der Waals surface area contributed by atoms with Crippen molar-refractivity contribution in [2.45, 2.75) is 33.2 Å². The van der Waals surface area contributed by atoms with Gasteiger partial charge in [0, 0.05) is 30.0 Å². The fourth-order valence-corrected chi connectivity index (χ4v) is 3.28. The summed E-state index contributed by atoms with van der Waals surface area (Å²) >= 11 is 0. The van der Waals surface area contributed by atoms with Gasteiger partial charge in [-0.2, -0.15) is 5.10 Å². The number of Topliss-reactive ketones (excluding diaryl/α,β-unsaturated/α-hetero) is 1. The SMILES string of the molecule is CC(C)C(=O)c1nn(CC(C)c2cnc3ccccc3n2)c2ccccc12. The number of fused-ring (bicyclic) bond motifs is 2. The summed E-state index contributed by atoms with van der Waals surface area (Å²) in [5.74, 6) is 0.107. The lowest BCUT2D eigenvalue weighted by atomic mass is 10.0. The lowest BCUT2D eigenvalue weighted by Crippen LogP contribution is -2.12. The van der Waals surface area contributed by atoms with Gasteiger partial charge in [-0.05, 0) is 18.2 Å². The van der Waals surface area contributed by atoms with Crippen LogP contribution in [0, 0.1) is 5.92 Å². The minimum atomic E-state index is -0.0828. The van der Waals surface area contributed by atoms with Crippen molar-refractivity contribution in [3.63, 3.8) is 0 Å². The Kier molecular flexibility index (Phi) is 4.44. The van der Waals surface area contributed by atoms with E-state index in [1.807, 2.05) is 73.3 Å². The van der Waals surface area contributed by atoms with E-state index in [4.69, 9.17) is 4.98 Å². The van der Waals surface area contributed by atoms with E-state index in [2.05, 4.69) is 17.0 Å². The zero-order valence-electron chi connectivity index (χ0n) is 15.8. The fraction of sp³-hybridized carbons (Fsp3) is 0.273. The summed E-state index contributed by atoms with van der Waals surface area (Å²) in [4.78, 5) is 21.8. The molecule has 136 valence electrons. The molecule has 0 bridgehead atoms. The van der Waals surface area contributed by atoms with E-state index in [-0.39, 0.29) is 17.6 Å². The molecule has 0 N–H and O–H groups in total. The molecule has 2 aromatic carbocycles. The molecule has 0 amide bonds. The molecule has 0 aliphatic carbocycles. The first-order chi connectivity index (χ1) is 13.0. The molecular formula is C22H22N4O. The van der Waals surface area contributed by atoms with Gasteiger partial charge in [0.1, 0.15) is 5.69 Å². The van der Waals surface area contributed by atoms with Crippen LogP contribution in [0.4, 0.5) is 0 Å². The molecule has 0 radical (unpaired) electrons. The molecular weight excluding hydrogens is 336 g/mol. The molecule has 2 aromatic heterocycles. The molecule has 2 heterocycles. The lowest BCUT2D eigenvalue weighted by Gasteiger charge is -2.12. The monoisotopic (exact) mass is 358 g/mol. The molecule has 1 unspecified atom stereocenters. The maximum Gasteiger partial charge on any atom is 0.186 e. The highest BCUT2D eigenvalue weighted by atomic mass is 16.1. The largest absolute Gasteiger partial charge is 0.292 e. The Morgan fingerprint density at radius 3 is 2.48 bits per heavy atom. The maximum absolute atomic E-state index is 12.6. The zero-order chi connectivity index (χ0) is 19.0. The first kappa shape index (κ1) is 17.3. The molecule has 27 heavy (non-hydrogen) atoms. The highest BCUT2D eigenvalue weighted by Crippen LogP contribution is 2.24. The molecule has 5 heteroatoms. The molecule has 4 rings (SSSR count). The summed E-state index contributed by atoms with van der Waals surface area (Å²) in [6.45, 7) is 6.56. The number of para-hydroxylation sites is 3. The van der Waals surface area contributed by atoms with Gasteiger partial charge in [0.15, 0.2) is 5.78 Å². The maximum atomic E-state index is 12.6. The number of hydrogen-bond donors (Lipinski definition) is 0. The third-order valence-electron chi connectivity index (χ3n) is 4.83. The van der Waals surface area contributed by atoms with Gasteiger partial charge in [0.05, 0.1) is 22.2 Å². The highest BCUT2D eigenvalue weighted by Gasteiger charge is 2.20. The lowest BCUT2D eigenvalue weighted by molar-refractivity contribution is 0.0935. The van der Waals surface area contributed by atoms with Crippen molar-refractivity contribution in [1.29, 1.82) is 0 Å². The normalized spacial score (nSPS) is 12.7. The van der Waals surface area contributed by atoms with Crippen LogP contribution in [0.3, 0.4) is 0 Å². The van der Waals surface area contributed by atoms with E-state index in [0.29, 0.717) is 12.2 Å². The molecule has 0 aliphatic heterocycles. The van der Waals surface area contributed by atoms with Crippen LogP contribution in [0.2, 0.25) is 0 Å². The van der Waals surface area contributed by atoms with Crippen molar-refractivity contribution in [3.8, 4) is 0 Å². The van der Waals surface area contributed by atoms with Crippen LogP contribution in [-0.4, -0.2) is 25.5 Å². The van der Waals surface area contributed by atoms with Gasteiger partial charge in [-0.25, -0.2) is 4.98 Å². The van der Waals surface area contributed by atoms with Crippen LogP contribution in [-0.2, 0) is 6.54 Å². The van der Waals surface area contributed by atoms with E-state index in [0.717, 1.165) is 27.6 Å². The van der Waals surface area contributed by atoms with Gasteiger partial charge < -0.3 is 0 Å². The number of carbonyl (C=O) groups excluding carboxylic acids is 1. The smallest absolute Gasteiger partial charge is 0.186 e. The van der Waals surface area contributed by atoms with Gasteiger partial charge >= 0.3 is 0 Å². The fourth-order valence-electron chi connectivity index (χ4n) is 3.28. The Hall–Kier alpha value is -3.08. The van der Waals surface area contributed by atoms with Crippen molar-refractivity contribution < 1.29 is 4.79 Å². The molecule has 0 aliphatic rings. The molecule has 4 aromatic rings. The van der Waals surface area contributed by atoms with E-state index >= 15 is 0 Å². The van der Waals surface area contributed by atoms with Crippen LogP contribution in [0.15, 0.2) is 54.7 Å². The van der Waals surface area contributed by atoms with E-state index < -0.39 is 0 Å². The minimum Gasteiger partial charge on any atom is -0.292 e. The van der Waals surface area contributed by atoms with Gasteiger partial charge in [0.25, 0.3) is 0 Å². The summed E-state index contributed by atoms with van der Waals surface area (Å²) < 4.78 is 1.92. The number of aromatic nitrogens is 4. The van der Waals surface area contributed by atoms with Crippen LogP contribution in [0.25, 0.3) is 21.9 Å². The predicted octanol–water partition coefficient (Wildman–Crippen LogP) is 4.62. The average Bonchev–Trinajstić information content (AvgIpc) is 3.05. The number of ketones is 1. The van der Waals surface area contributed by atoms with Gasteiger partial charge in [-0.15, -0.1) is 0 Å². The van der Waals surface area contributed by atoms with Gasteiger partial charge in [0.2, 0.25) is 0 Å². The number of hydrogen-bond acceptors (Lipinski definition) is 4.